The Bertz CT molecular complexity index is 738. The van der Waals surface area contributed by atoms with Gasteiger partial charge in [0, 0.05) is 22.5 Å². The number of imidazole rings is 1. The summed E-state index contributed by atoms with van der Waals surface area (Å²) in [6, 6.07) is 3.39. The van der Waals surface area contributed by atoms with Crippen LogP contribution >= 0.6 is 23.1 Å². The van der Waals surface area contributed by atoms with Crippen LogP contribution in [0.25, 0.3) is 4.96 Å². The van der Waals surface area contributed by atoms with Crippen molar-refractivity contribution < 1.29 is 13.9 Å². The molecule has 3 aromatic rings. The third-order valence-corrected chi connectivity index (χ3v) is 4.40. The zero-order valence-electron chi connectivity index (χ0n) is 9.51. The Morgan fingerprint density at radius 2 is 2.21 bits per heavy atom. The van der Waals surface area contributed by atoms with E-state index in [4.69, 9.17) is 0 Å². The summed E-state index contributed by atoms with van der Waals surface area (Å²) in [5.74, 6) is -1.25. The summed E-state index contributed by atoms with van der Waals surface area (Å²) >= 11 is 2.51. The molecule has 1 N–H and O–H groups in total. The van der Waals surface area contributed by atoms with E-state index in [1.165, 1.54) is 23.5 Å². The molecule has 0 aliphatic heterocycles. The van der Waals surface area contributed by atoms with Gasteiger partial charge in [-0.15, -0.1) is 11.3 Å². The second-order valence-corrected chi connectivity index (χ2v) is 5.66. The van der Waals surface area contributed by atoms with Crippen molar-refractivity contribution in [3.8, 4) is 0 Å². The number of hydrogen-bond donors (Lipinski definition) is 1. The van der Waals surface area contributed by atoms with Gasteiger partial charge in [0.1, 0.15) is 16.7 Å². The first-order valence-electron chi connectivity index (χ1n) is 5.37. The highest BCUT2D eigenvalue weighted by atomic mass is 32.2. The summed E-state index contributed by atoms with van der Waals surface area (Å²) in [6.45, 7) is -0.191. The van der Waals surface area contributed by atoms with E-state index in [0.717, 1.165) is 22.8 Å². The number of benzene rings is 1. The number of hydrogen-bond acceptors (Lipinski definition) is 4. The van der Waals surface area contributed by atoms with Crippen molar-refractivity contribution >= 4 is 28.1 Å². The Morgan fingerprint density at radius 1 is 1.37 bits per heavy atom. The van der Waals surface area contributed by atoms with Crippen molar-refractivity contribution in [1.29, 1.82) is 0 Å². The number of aliphatic hydroxyl groups excluding tert-OH is 1. The molecule has 2 heterocycles. The second-order valence-electron chi connectivity index (χ2n) is 3.75. The molecule has 0 spiro atoms. The largest absolute Gasteiger partial charge is 0.390 e. The van der Waals surface area contributed by atoms with E-state index in [-0.39, 0.29) is 11.5 Å². The number of fused-ring (bicyclic) bond motifs is 1. The fraction of sp³-hybridized carbons (Fsp3) is 0.0833. The minimum absolute atomic E-state index is 0.191. The summed E-state index contributed by atoms with van der Waals surface area (Å²) in [5, 5.41) is 11.8. The molecule has 0 atom stereocenters. The summed E-state index contributed by atoms with van der Waals surface area (Å²) < 4.78 is 28.2. The molecule has 0 saturated heterocycles. The van der Waals surface area contributed by atoms with Crippen LogP contribution in [0.4, 0.5) is 8.78 Å². The van der Waals surface area contributed by atoms with Gasteiger partial charge < -0.3 is 5.11 Å². The van der Waals surface area contributed by atoms with Gasteiger partial charge in [-0.05, 0) is 12.1 Å². The smallest absolute Gasteiger partial charge is 0.195 e. The van der Waals surface area contributed by atoms with Crippen LogP contribution in [-0.2, 0) is 6.61 Å². The molecule has 0 aliphatic rings. The number of thiazole rings is 1. The predicted octanol–water partition coefficient (Wildman–Crippen LogP) is 3.32. The lowest BCUT2D eigenvalue weighted by Gasteiger charge is -2.02. The number of rotatable bonds is 3. The maximum Gasteiger partial charge on any atom is 0.195 e. The van der Waals surface area contributed by atoms with Crippen LogP contribution in [-0.4, -0.2) is 14.5 Å². The van der Waals surface area contributed by atoms with E-state index in [1.54, 1.807) is 10.6 Å². The lowest BCUT2D eigenvalue weighted by molar-refractivity contribution is 0.272. The Hall–Kier alpha value is -1.44. The normalized spacial score (nSPS) is 11.3. The maximum atomic E-state index is 13.6. The molecule has 0 saturated carbocycles. The van der Waals surface area contributed by atoms with Gasteiger partial charge in [0.15, 0.2) is 4.96 Å². The van der Waals surface area contributed by atoms with Crippen LogP contribution in [0.15, 0.2) is 39.7 Å². The SMILES string of the molecule is OCc1c(Sc2ccc(F)cc2F)nc2sccn12. The van der Waals surface area contributed by atoms with E-state index in [1.807, 2.05) is 5.38 Å². The molecule has 98 valence electrons. The van der Waals surface area contributed by atoms with Crippen molar-refractivity contribution in [2.24, 2.45) is 0 Å². The van der Waals surface area contributed by atoms with Gasteiger partial charge in [-0.1, -0.05) is 11.8 Å². The molecule has 3 nitrogen and oxygen atoms in total. The predicted molar refractivity (Wildman–Crippen MR) is 69.5 cm³/mol. The van der Waals surface area contributed by atoms with Gasteiger partial charge in [0.2, 0.25) is 0 Å². The number of nitrogens with zero attached hydrogens (tertiary/aromatic N) is 2. The Kier molecular flexibility index (Phi) is 3.26. The first kappa shape index (κ1) is 12.6. The number of aromatic nitrogens is 2. The first-order valence-corrected chi connectivity index (χ1v) is 7.07. The van der Waals surface area contributed by atoms with Gasteiger partial charge in [-0.3, -0.25) is 4.40 Å². The summed E-state index contributed by atoms with van der Waals surface area (Å²) in [7, 11) is 0. The summed E-state index contributed by atoms with van der Waals surface area (Å²) in [4.78, 5) is 5.34. The molecular formula is C12H8F2N2OS2. The van der Waals surface area contributed by atoms with Gasteiger partial charge in [-0.2, -0.15) is 0 Å². The molecule has 0 amide bonds. The number of halogens is 2. The Morgan fingerprint density at radius 3 is 2.95 bits per heavy atom. The zero-order valence-corrected chi connectivity index (χ0v) is 11.1. The minimum atomic E-state index is -0.634. The Labute approximate surface area is 115 Å². The fourth-order valence-electron chi connectivity index (χ4n) is 1.70. The van der Waals surface area contributed by atoms with Gasteiger partial charge in [0.05, 0.1) is 12.3 Å². The highest BCUT2D eigenvalue weighted by Crippen LogP contribution is 2.33. The molecule has 0 bridgehead atoms. The third-order valence-electron chi connectivity index (χ3n) is 2.57. The zero-order chi connectivity index (χ0) is 13.4. The van der Waals surface area contributed by atoms with E-state index in [9.17, 15) is 13.9 Å². The molecule has 0 aliphatic carbocycles. The van der Waals surface area contributed by atoms with Crippen molar-refractivity contribution in [2.75, 3.05) is 0 Å². The highest BCUT2D eigenvalue weighted by molar-refractivity contribution is 7.99. The van der Waals surface area contributed by atoms with E-state index < -0.39 is 11.6 Å². The summed E-state index contributed by atoms with van der Waals surface area (Å²) in [6.07, 6.45) is 1.80. The highest BCUT2D eigenvalue weighted by Gasteiger charge is 2.15. The average Bonchev–Trinajstić information content (AvgIpc) is 2.92. The van der Waals surface area contributed by atoms with E-state index in [2.05, 4.69) is 4.98 Å². The lowest BCUT2D eigenvalue weighted by atomic mass is 10.3. The van der Waals surface area contributed by atoms with Gasteiger partial charge in [0.25, 0.3) is 0 Å². The first-order chi connectivity index (χ1) is 9.19. The van der Waals surface area contributed by atoms with Crippen molar-refractivity contribution in [3.63, 3.8) is 0 Å². The molecule has 1 aromatic carbocycles. The van der Waals surface area contributed by atoms with Crippen LogP contribution in [0.2, 0.25) is 0 Å². The molecule has 7 heteroatoms. The van der Waals surface area contributed by atoms with Crippen LogP contribution in [0.1, 0.15) is 5.69 Å². The van der Waals surface area contributed by atoms with Crippen molar-refractivity contribution in [2.45, 2.75) is 16.5 Å². The standard InChI is InChI=1S/C12H8F2N2OS2/c13-7-1-2-10(8(14)5-7)19-11-9(6-17)16-3-4-18-12(16)15-11/h1-5,17H,6H2. The maximum absolute atomic E-state index is 13.6. The molecule has 0 unspecified atom stereocenters. The van der Waals surface area contributed by atoms with Gasteiger partial charge >= 0.3 is 0 Å². The molecule has 3 rings (SSSR count). The van der Waals surface area contributed by atoms with Crippen molar-refractivity contribution in [1.82, 2.24) is 9.38 Å². The molecule has 2 aromatic heterocycles. The average molecular weight is 298 g/mol. The monoisotopic (exact) mass is 298 g/mol. The van der Waals surface area contributed by atoms with E-state index in [0.29, 0.717) is 10.7 Å². The minimum Gasteiger partial charge on any atom is -0.390 e. The quantitative estimate of drug-likeness (QED) is 0.806. The molecule has 19 heavy (non-hydrogen) atoms. The van der Waals surface area contributed by atoms with Crippen LogP contribution in [0.5, 0.6) is 0 Å². The fourth-order valence-corrected chi connectivity index (χ4v) is 3.40. The lowest BCUT2D eigenvalue weighted by Crippen LogP contribution is -1.91. The number of aliphatic hydroxyl groups is 1. The topological polar surface area (TPSA) is 37.5 Å². The Balaban J connectivity index is 2.02. The molecule has 0 radical (unpaired) electrons. The van der Waals surface area contributed by atoms with Crippen molar-refractivity contribution in [3.05, 3.63) is 47.1 Å². The van der Waals surface area contributed by atoms with E-state index >= 15 is 0 Å². The van der Waals surface area contributed by atoms with Crippen LogP contribution in [0, 0.1) is 11.6 Å². The van der Waals surface area contributed by atoms with Gasteiger partial charge in [-0.25, -0.2) is 13.8 Å². The molecular weight excluding hydrogens is 290 g/mol. The second kappa shape index (κ2) is 4.92. The van der Waals surface area contributed by atoms with Crippen LogP contribution < -0.4 is 0 Å². The third kappa shape index (κ3) is 2.24. The summed E-state index contributed by atoms with van der Waals surface area (Å²) in [5.41, 5.74) is 0.602. The molecule has 0 fully saturated rings. The van der Waals surface area contributed by atoms with Crippen LogP contribution in [0.3, 0.4) is 0 Å².